The molecule has 2 rings (SSSR count). The summed E-state index contributed by atoms with van der Waals surface area (Å²) >= 11 is 2.91. The third kappa shape index (κ3) is 2.78. The van der Waals surface area contributed by atoms with Gasteiger partial charge < -0.3 is 5.73 Å². The van der Waals surface area contributed by atoms with Gasteiger partial charge in [0, 0.05) is 12.2 Å². The molecule has 2 N–H and O–H groups in total. The summed E-state index contributed by atoms with van der Waals surface area (Å²) in [5.41, 5.74) is 6.79. The fraction of sp³-hybridized carbons (Fsp3) is 0.300. The van der Waals surface area contributed by atoms with E-state index in [1.54, 1.807) is 6.20 Å². The zero-order valence-electron chi connectivity index (χ0n) is 9.04. The Kier molecular flexibility index (Phi) is 3.52. The van der Waals surface area contributed by atoms with Gasteiger partial charge in [-0.3, -0.25) is 0 Å². The van der Waals surface area contributed by atoms with Gasteiger partial charge in [-0.05, 0) is 48.8 Å². The third-order valence-corrected chi connectivity index (χ3v) is 3.78. The van der Waals surface area contributed by atoms with Gasteiger partial charge >= 0.3 is 0 Å². The zero-order chi connectivity index (χ0) is 11.5. The fourth-order valence-corrected chi connectivity index (χ4v) is 2.67. The topological polar surface area (TPSA) is 64.7 Å². The van der Waals surface area contributed by atoms with Crippen molar-refractivity contribution in [3.63, 3.8) is 0 Å². The minimum Gasteiger partial charge on any atom is -0.324 e. The molecule has 2 heterocycles. The molecule has 0 spiro atoms. The lowest BCUT2D eigenvalue weighted by Gasteiger charge is -2.04. The average molecular weight is 252 g/mol. The maximum Gasteiger partial charge on any atom is 0.176 e. The molecule has 0 aliphatic heterocycles. The van der Waals surface area contributed by atoms with Crippen molar-refractivity contribution in [2.75, 3.05) is 0 Å². The van der Waals surface area contributed by atoms with Crippen molar-refractivity contribution >= 4 is 23.3 Å². The SMILES string of the molecule is Cc1nsc(Sc2ccc([C@@H](C)N)cn2)n1. The Morgan fingerprint density at radius 1 is 1.44 bits per heavy atom. The molecule has 2 aromatic rings. The van der Waals surface area contributed by atoms with Gasteiger partial charge in [-0.15, -0.1) is 0 Å². The van der Waals surface area contributed by atoms with Crippen LogP contribution in [0.5, 0.6) is 0 Å². The van der Waals surface area contributed by atoms with Crippen LogP contribution in [0.25, 0.3) is 0 Å². The maximum atomic E-state index is 5.75. The second-order valence-corrected chi connectivity index (χ2v) is 5.45. The van der Waals surface area contributed by atoms with E-state index in [-0.39, 0.29) is 6.04 Å². The predicted octanol–water partition coefficient (Wildman–Crippen LogP) is 2.41. The third-order valence-electron chi connectivity index (χ3n) is 1.99. The summed E-state index contributed by atoms with van der Waals surface area (Å²) in [6.45, 7) is 3.82. The van der Waals surface area contributed by atoms with Gasteiger partial charge in [-0.1, -0.05) is 6.07 Å². The molecular formula is C10H12N4S2. The molecule has 2 aromatic heterocycles. The Morgan fingerprint density at radius 3 is 2.75 bits per heavy atom. The predicted molar refractivity (Wildman–Crippen MR) is 65.6 cm³/mol. The Labute approximate surface area is 102 Å². The number of hydrogen-bond acceptors (Lipinski definition) is 6. The number of pyridine rings is 1. The molecule has 0 fully saturated rings. The van der Waals surface area contributed by atoms with Gasteiger partial charge in [0.1, 0.15) is 10.9 Å². The van der Waals surface area contributed by atoms with E-state index in [1.807, 2.05) is 26.0 Å². The molecule has 0 saturated heterocycles. The van der Waals surface area contributed by atoms with Gasteiger partial charge in [-0.2, -0.15) is 4.37 Å². The summed E-state index contributed by atoms with van der Waals surface area (Å²) in [7, 11) is 0. The van der Waals surface area contributed by atoms with Crippen molar-refractivity contribution < 1.29 is 0 Å². The number of hydrogen-bond donors (Lipinski definition) is 1. The molecule has 0 radical (unpaired) electrons. The number of nitrogens with two attached hydrogens (primary N) is 1. The Bertz CT molecular complexity index is 464. The van der Waals surface area contributed by atoms with Crippen LogP contribution in [-0.4, -0.2) is 14.3 Å². The molecule has 84 valence electrons. The van der Waals surface area contributed by atoms with Gasteiger partial charge in [-0.25, -0.2) is 9.97 Å². The standard InChI is InChI=1S/C10H12N4S2/c1-6(11)8-3-4-9(12-5-8)15-10-13-7(2)14-16-10/h3-6H,11H2,1-2H3/t6-/m1/s1. The molecule has 6 heteroatoms. The smallest absolute Gasteiger partial charge is 0.176 e. The van der Waals surface area contributed by atoms with Crippen molar-refractivity contribution in [1.29, 1.82) is 0 Å². The first-order chi connectivity index (χ1) is 7.65. The largest absolute Gasteiger partial charge is 0.324 e. The minimum absolute atomic E-state index is 0.0234. The Morgan fingerprint density at radius 2 is 2.25 bits per heavy atom. The van der Waals surface area contributed by atoms with Crippen molar-refractivity contribution in [3.05, 3.63) is 29.7 Å². The van der Waals surface area contributed by atoms with Crippen molar-refractivity contribution in [3.8, 4) is 0 Å². The molecule has 0 aromatic carbocycles. The average Bonchev–Trinajstić information content (AvgIpc) is 2.65. The quantitative estimate of drug-likeness (QED) is 0.908. The number of aryl methyl sites for hydroxylation is 1. The summed E-state index contributed by atoms with van der Waals surface area (Å²) in [5.74, 6) is 0.805. The van der Waals surface area contributed by atoms with Gasteiger partial charge in [0.2, 0.25) is 0 Å². The second kappa shape index (κ2) is 4.90. The van der Waals surface area contributed by atoms with Crippen molar-refractivity contribution in [2.24, 2.45) is 5.73 Å². The van der Waals surface area contributed by atoms with Crippen LogP contribution < -0.4 is 5.73 Å². The van der Waals surface area contributed by atoms with Crippen LogP contribution >= 0.6 is 23.3 Å². The van der Waals surface area contributed by atoms with E-state index >= 15 is 0 Å². The van der Waals surface area contributed by atoms with E-state index in [0.29, 0.717) is 0 Å². The van der Waals surface area contributed by atoms with Crippen LogP contribution in [-0.2, 0) is 0 Å². The number of rotatable bonds is 3. The highest BCUT2D eigenvalue weighted by Gasteiger charge is 2.05. The maximum absolute atomic E-state index is 5.75. The van der Waals surface area contributed by atoms with Crippen molar-refractivity contribution in [1.82, 2.24) is 14.3 Å². The van der Waals surface area contributed by atoms with Crippen LogP contribution in [0.15, 0.2) is 27.7 Å². The second-order valence-electron chi connectivity index (χ2n) is 3.43. The van der Waals surface area contributed by atoms with Gasteiger partial charge in [0.05, 0.1) is 0 Å². The molecule has 0 bridgehead atoms. The normalized spacial score (nSPS) is 12.7. The lowest BCUT2D eigenvalue weighted by Crippen LogP contribution is -2.04. The Balaban J connectivity index is 2.11. The summed E-state index contributed by atoms with van der Waals surface area (Å²) in [4.78, 5) is 8.60. The summed E-state index contributed by atoms with van der Waals surface area (Å²) in [6.07, 6.45) is 1.81. The number of nitrogens with zero attached hydrogens (tertiary/aromatic N) is 3. The molecule has 0 amide bonds. The van der Waals surface area contributed by atoms with E-state index < -0.39 is 0 Å². The lowest BCUT2D eigenvalue weighted by atomic mass is 10.2. The molecule has 0 aliphatic rings. The van der Waals surface area contributed by atoms with Crippen LogP contribution in [0.2, 0.25) is 0 Å². The van der Waals surface area contributed by atoms with E-state index in [2.05, 4.69) is 14.3 Å². The monoisotopic (exact) mass is 252 g/mol. The first kappa shape index (κ1) is 11.5. The zero-order valence-corrected chi connectivity index (χ0v) is 10.7. The molecule has 16 heavy (non-hydrogen) atoms. The molecule has 0 unspecified atom stereocenters. The van der Waals surface area contributed by atoms with Crippen LogP contribution in [0.1, 0.15) is 24.4 Å². The van der Waals surface area contributed by atoms with Crippen LogP contribution in [0.4, 0.5) is 0 Å². The highest BCUT2D eigenvalue weighted by Crippen LogP contribution is 2.27. The van der Waals surface area contributed by atoms with Crippen molar-refractivity contribution in [2.45, 2.75) is 29.3 Å². The molecule has 1 atom stereocenters. The summed E-state index contributed by atoms with van der Waals surface area (Å²) < 4.78 is 5.04. The van der Waals surface area contributed by atoms with E-state index in [9.17, 15) is 0 Å². The number of aromatic nitrogens is 3. The summed E-state index contributed by atoms with van der Waals surface area (Å²) in [6, 6.07) is 3.98. The highest BCUT2D eigenvalue weighted by atomic mass is 32.2. The van der Waals surface area contributed by atoms with E-state index in [4.69, 9.17) is 5.73 Å². The minimum atomic E-state index is 0.0234. The highest BCUT2D eigenvalue weighted by molar-refractivity contribution is 8.00. The fourth-order valence-electron chi connectivity index (χ4n) is 1.13. The first-order valence-corrected chi connectivity index (χ1v) is 6.44. The van der Waals surface area contributed by atoms with Crippen LogP contribution in [0.3, 0.4) is 0 Å². The van der Waals surface area contributed by atoms with E-state index in [1.165, 1.54) is 23.3 Å². The first-order valence-electron chi connectivity index (χ1n) is 4.85. The molecule has 4 nitrogen and oxygen atoms in total. The van der Waals surface area contributed by atoms with Crippen LogP contribution in [0, 0.1) is 6.92 Å². The van der Waals surface area contributed by atoms with Gasteiger partial charge in [0.15, 0.2) is 4.34 Å². The molecular weight excluding hydrogens is 240 g/mol. The summed E-state index contributed by atoms with van der Waals surface area (Å²) in [5, 5.41) is 0.917. The molecule has 0 aliphatic carbocycles. The van der Waals surface area contributed by atoms with Gasteiger partial charge in [0.25, 0.3) is 0 Å². The lowest BCUT2D eigenvalue weighted by molar-refractivity contribution is 0.806. The molecule has 0 saturated carbocycles. The Hall–Kier alpha value is -0.980. The van der Waals surface area contributed by atoms with E-state index in [0.717, 1.165) is 20.8 Å².